The van der Waals surface area contributed by atoms with Crippen molar-refractivity contribution in [2.45, 2.75) is 6.42 Å². The van der Waals surface area contributed by atoms with Gasteiger partial charge in [-0.3, -0.25) is 0 Å². The minimum absolute atomic E-state index is 0.242. The van der Waals surface area contributed by atoms with Crippen LogP contribution in [-0.2, 0) is 0 Å². The van der Waals surface area contributed by atoms with Crippen LogP contribution < -0.4 is 16.4 Å². The molecule has 5 N–H and O–H groups in total. The topological polar surface area (TPSA) is 91.7 Å². The molecule has 0 spiro atoms. The van der Waals surface area contributed by atoms with Gasteiger partial charge in [0, 0.05) is 17.8 Å². The van der Waals surface area contributed by atoms with Crippen molar-refractivity contribution in [3.8, 4) is 0 Å². The molecule has 1 aromatic carbocycles. The van der Waals surface area contributed by atoms with Gasteiger partial charge in [0.05, 0.1) is 10.0 Å². The summed E-state index contributed by atoms with van der Waals surface area (Å²) in [6, 6.07) is 3.61. The average molecular weight is 325 g/mol. The van der Waals surface area contributed by atoms with Crippen molar-refractivity contribution < 1.29 is 0 Å². The van der Waals surface area contributed by atoms with E-state index < -0.39 is 0 Å². The maximum Gasteiger partial charge on any atom is 0.248 e. The molecule has 2 aromatic rings. The van der Waals surface area contributed by atoms with Crippen LogP contribution in [-0.4, -0.2) is 28.3 Å². The number of benzene rings is 1. The molecule has 0 aliphatic carbocycles. The van der Waals surface area contributed by atoms with Gasteiger partial charge in [-0.2, -0.15) is 4.98 Å². The smallest absolute Gasteiger partial charge is 0.248 e. The third-order valence-corrected chi connectivity index (χ3v) is 3.78. The van der Waals surface area contributed by atoms with E-state index in [0.717, 1.165) is 30.6 Å². The molecule has 0 bridgehead atoms. The van der Waals surface area contributed by atoms with Gasteiger partial charge in [-0.25, -0.2) is 5.10 Å². The van der Waals surface area contributed by atoms with E-state index in [4.69, 9.17) is 28.9 Å². The van der Waals surface area contributed by atoms with Crippen LogP contribution in [0, 0.1) is 0 Å². The predicted octanol–water partition coefficient (Wildman–Crippen LogP) is 2.81. The lowest BCUT2D eigenvalue weighted by Gasteiger charge is -2.17. The first-order chi connectivity index (χ1) is 10.1. The largest absolute Gasteiger partial charge is 0.368 e. The Morgan fingerprint density at radius 3 is 2.57 bits per heavy atom. The summed E-state index contributed by atoms with van der Waals surface area (Å²) in [6.07, 6.45) is 3.02. The first-order valence-electron chi connectivity index (χ1n) is 6.47. The number of hydrogen-bond acceptors (Lipinski definition) is 5. The van der Waals surface area contributed by atoms with Crippen LogP contribution in [0.3, 0.4) is 0 Å². The summed E-state index contributed by atoms with van der Waals surface area (Å²) in [5.74, 6) is 0.611. The number of nitrogens with zero attached hydrogens (tertiary/aromatic N) is 2. The number of halogens is 2. The minimum atomic E-state index is 0.242. The number of anilines is 3. The molecule has 1 aromatic heterocycles. The van der Waals surface area contributed by atoms with Gasteiger partial charge in [0.1, 0.15) is 0 Å². The van der Waals surface area contributed by atoms with Crippen molar-refractivity contribution in [3.05, 3.63) is 33.8 Å². The van der Waals surface area contributed by atoms with Crippen molar-refractivity contribution >= 4 is 46.4 Å². The lowest BCUT2D eigenvalue weighted by Crippen LogP contribution is -2.20. The van der Waals surface area contributed by atoms with E-state index in [-0.39, 0.29) is 5.95 Å². The number of aromatic nitrogens is 3. The number of rotatable bonds is 3. The fourth-order valence-corrected chi connectivity index (χ4v) is 2.99. The number of aromatic amines is 1. The molecule has 0 saturated heterocycles. The quantitative estimate of drug-likeness (QED) is 0.696. The summed E-state index contributed by atoms with van der Waals surface area (Å²) in [5.41, 5.74) is 8.24. The maximum absolute atomic E-state index is 6.38. The zero-order valence-electron chi connectivity index (χ0n) is 11.1. The number of hydrogen-bond donors (Lipinski definition) is 4. The molecule has 0 radical (unpaired) electrons. The van der Waals surface area contributed by atoms with Gasteiger partial charge in [0.2, 0.25) is 11.9 Å². The molecule has 110 valence electrons. The molecule has 1 aliphatic heterocycles. The fraction of sp³-hybridized carbons (Fsp3) is 0.231. The van der Waals surface area contributed by atoms with Crippen LogP contribution in [0.25, 0.3) is 5.57 Å². The molecule has 1 aliphatic rings. The van der Waals surface area contributed by atoms with Gasteiger partial charge in [-0.1, -0.05) is 29.3 Å². The summed E-state index contributed by atoms with van der Waals surface area (Å²) >= 11 is 12.8. The number of nitrogens with one attached hydrogen (secondary N) is 3. The SMILES string of the molecule is Nc1nc(Nc2cc(Cl)c(C3=CCNCC3)c(Cl)c2)n[nH]1. The molecule has 2 heterocycles. The van der Waals surface area contributed by atoms with Crippen LogP contribution in [0.5, 0.6) is 0 Å². The highest BCUT2D eigenvalue weighted by molar-refractivity contribution is 6.38. The molecule has 8 heteroatoms. The van der Waals surface area contributed by atoms with Crippen molar-refractivity contribution in [1.82, 2.24) is 20.5 Å². The molecule has 0 atom stereocenters. The second-order valence-electron chi connectivity index (χ2n) is 4.67. The number of nitrogens with two attached hydrogens (primary N) is 1. The van der Waals surface area contributed by atoms with Gasteiger partial charge >= 0.3 is 0 Å². The highest BCUT2D eigenvalue weighted by atomic mass is 35.5. The first-order valence-corrected chi connectivity index (χ1v) is 7.23. The Morgan fingerprint density at radius 1 is 1.24 bits per heavy atom. The monoisotopic (exact) mass is 324 g/mol. The highest BCUT2D eigenvalue weighted by Gasteiger charge is 2.15. The Bertz CT molecular complexity index is 671. The maximum atomic E-state index is 6.38. The minimum Gasteiger partial charge on any atom is -0.368 e. The Morgan fingerprint density at radius 2 is 2.00 bits per heavy atom. The molecule has 0 fully saturated rings. The third-order valence-electron chi connectivity index (χ3n) is 3.19. The lowest BCUT2D eigenvalue weighted by molar-refractivity contribution is 0.738. The number of H-pyrrole nitrogens is 1. The van der Waals surface area contributed by atoms with Gasteiger partial charge in [-0.15, -0.1) is 5.10 Å². The molecular weight excluding hydrogens is 311 g/mol. The first kappa shape index (κ1) is 14.2. The van der Waals surface area contributed by atoms with Gasteiger partial charge in [-0.05, 0) is 30.7 Å². The van der Waals surface area contributed by atoms with Crippen molar-refractivity contribution in [2.75, 3.05) is 24.1 Å². The molecule has 21 heavy (non-hydrogen) atoms. The summed E-state index contributed by atoms with van der Waals surface area (Å²) in [4.78, 5) is 3.97. The standard InChI is InChI=1S/C13H14Cl2N6/c14-9-5-8(18-13-19-12(16)20-21-13)6-10(15)11(9)7-1-3-17-4-2-7/h1,5-6,17H,2-4H2,(H4,16,18,19,20,21). The zero-order chi connectivity index (χ0) is 14.8. The van der Waals surface area contributed by atoms with E-state index in [2.05, 4.69) is 31.9 Å². The van der Waals surface area contributed by atoms with Crippen LogP contribution in [0.2, 0.25) is 10.0 Å². The van der Waals surface area contributed by atoms with Crippen LogP contribution in [0.15, 0.2) is 18.2 Å². The van der Waals surface area contributed by atoms with Gasteiger partial charge in [0.25, 0.3) is 0 Å². The van der Waals surface area contributed by atoms with E-state index in [1.54, 1.807) is 12.1 Å². The zero-order valence-corrected chi connectivity index (χ0v) is 12.6. The van der Waals surface area contributed by atoms with E-state index in [0.29, 0.717) is 21.7 Å². The predicted molar refractivity (Wildman–Crippen MR) is 86.0 cm³/mol. The molecule has 0 amide bonds. The summed E-state index contributed by atoms with van der Waals surface area (Å²) in [5, 5.41) is 13.9. The Labute approximate surface area is 131 Å². The molecular formula is C13H14Cl2N6. The van der Waals surface area contributed by atoms with Crippen LogP contribution in [0.4, 0.5) is 17.6 Å². The normalized spacial score (nSPS) is 14.9. The average Bonchev–Trinajstić information content (AvgIpc) is 2.84. The number of nitrogen functional groups attached to an aromatic ring is 1. The second-order valence-corrected chi connectivity index (χ2v) is 5.48. The van der Waals surface area contributed by atoms with Crippen molar-refractivity contribution in [1.29, 1.82) is 0 Å². The molecule has 6 nitrogen and oxygen atoms in total. The molecule has 3 rings (SSSR count). The van der Waals surface area contributed by atoms with E-state index in [9.17, 15) is 0 Å². The van der Waals surface area contributed by atoms with Crippen LogP contribution in [0.1, 0.15) is 12.0 Å². The van der Waals surface area contributed by atoms with Gasteiger partial charge < -0.3 is 16.4 Å². The molecule has 0 unspecified atom stereocenters. The Hall–Kier alpha value is -1.76. The van der Waals surface area contributed by atoms with Crippen molar-refractivity contribution in [2.24, 2.45) is 0 Å². The molecule has 0 saturated carbocycles. The van der Waals surface area contributed by atoms with Gasteiger partial charge in [0.15, 0.2) is 0 Å². The Balaban J connectivity index is 1.90. The van der Waals surface area contributed by atoms with Crippen molar-refractivity contribution in [3.63, 3.8) is 0 Å². The Kier molecular flexibility index (Phi) is 4.01. The van der Waals surface area contributed by atoms with Crippen LogP contribution >= 0.6 is 23.2 Å². The lowest BCUT2D eigenvalue weighted by atomic mass is 10.00. The van der Waals surface area contributed by atoms with E-state index >= 15 is 0 Å². The third kappa shape index (κ3) is 3.12. The summed E-state index contributed by atoms with van der Waals surface area (Å²) in [6.45, 7) is 1.76. The van der Waals surface area contributed by atoms with E-state index in [1.807, 2.05) is 0 Å². The highest BCUT2D eigenvalue weighted by Crippen LogP contribution is 2.36. The summed E-state index contributed by atoms with van der Waals surface area (Å²) < 4.78 is 0. The van der Waals surface area contributed by atoms with E-state index in [1.165, 1.54) is 0 Å². The fourth-order valence-electron chi connectivity index (χ4n) is 2.26. The summed E-state index contributed by atoms with van der Waals surface area (Å²) in [7, 11) is 0. The second kappa shape index (κ2) is 5.93.